The van der Waals surface area contributed by atoms with Crippen LogP contribution in [0.25, 0.3) is 0 Å². The van der Waals surface area contributed by atoms with Crippen LogP contribution in [0.3, 0.4) is 0 Å². The van der Waals surface area contributed by atoms with Gasteiger partial charge in [-0.25, -0.2) is 12.7 Å². The molecule has 0 bridgehead atoms. The van der Waals surface area contributed by atoms with E-state index in [1.54, 1.807) is 22.5 Å². The van der Waals surface area contributed by atoms with Crippen LogP contribution in [0.15, 0.2) is 24.3 Å². The van der Waals surface area contributed by atoms with Crippen LogP contribution in [0.1, 0.15) is 24.4 Å². The number of hydrogen-bond donors (Lipinski definition) is 0. The third-order valence-electron chi connectivity index (χ3n) is 4.22. The second kappa shape index (κ2) is 5.85. The first-order chi connectivity index (χ1) is 10.0. The largest absolute Gasteiger partial charge is 0.297 e. The van der Waals surface area contributed by atoms with Gasteiger partial charge in [-0.2, -0.15) is 5.06 Å². The Morgan fingerprint density at radius 1 is 1.24 bits per heavy atom. The van der Waals surface area contributed by atoms with Gasteiger partial charge in [-0.3, -0.25) is 4.84 Å². The smallest absolute Gasteiger partial charge is 0.221 e. The van der Waals surface area contributed by atoms with Crippen LogP contribution >= 0.6 is 11.6 Å². The van der Waals surface area contributed by atoms with Crippen LogP contribution in [0, 0.1) is 0 Å². The van der Waals surface area contributed by atoms with E-state index >= 15 is 0 Å². The average molecular weight is 331 g/mol. The van der Waals surface area contributed by atoms with E-state index in [1.165, 1.54) is 0 Å². The van der Waals surface area contributed by atoms with E-state index in [9.17, 15) is 8.42 Å². The maximum absolute atomic E-state index is 12.9. The van der Waals surface area contributed by atoms with Crippen molar-refractivity contribution < 1.29 is 13.3 Å². The molecular weight excluding hydrogens is 312 g/mol. The van der Waals surface area contributed by atoms with Gasteiger partial charge in [0.2, 0.25) is 10.0 Å². The molecule has 21 heavy (non-hydrogen) atoms. The molecule has 0 radical (unpaired) electrons. The second-order valence-electron chi connectivity index (χ2n) is 5.50. The van der Waals surface area contributed by atoms with E-state index in [0.29, 0.717) is 18.1 Å². The Morgan fingerprint density at radius 3 is 2.57 bits per heavy atom. The lowest BCUT2D eigenvalue weighted by atomic mass is 10.0. The Balaban J connectivity index is 1.96. The third-order valence-corrected chi connectivity index (χ3v) is 6.81. The van der Waals surface area contributed by atoms with Gasteiger partial charge in [0.1, 0.15) is 5.25 Å². The van der Waals surface area contributed by atoms with Crippen LogP contribution in [0.2, 0.25) is 5.02 Å². The van der Waals surface area contributed by atoms with E-state index in [4.69, 9.17) is 16.4 Å². The van der Waals surface area contributed by atoms with E-state index in [-0.39, 0.29) is 12.6 Å². The highest BCUT2D eigenvalue weighted by atomic mass is 35.5. The van der Waals surface area contributed by atoms with Crippen molar-refractivity contribution in [1.82, 2.24) is 9.37 Å². The van der Waals surface area contributed by atoms with Gasteiger partial charge < -0.3 is 0 Å². The maximum atomic E-state index is 12.9. The van der Waals surface area contributed by atoms with Crippen LogP contribution < -0.4 is 0 Å². The van der Waals surface area contributed by atoms with Gasteiger partial charge in [-0.05, 0) is 24.5 Å². The SMILES string of the molecule is CN1OC[C@@H](S(=O)(=O)N2CCCC2)[C@@H]1c1ccccc1Cl. The van der Waals surface area contributed by atoms with Crippen LogP contribution in [0.5, 0.6) is 0 Å². The molecule has 0 spiro atoms. The molecule has 2 heterocycles. The molecule has 2 fully saturated rings. The molecule has 0 amide bonds. The highest BCUT2D eigenvalue weighted by Crippen LogP contribution is 2.38. The summed E-state index contributed by atoms with van der Waals surface area (Å²) in [5, 5.41) is 1.57. The zero-order valence-electron chi connectivity index (χ0n) is 11.9. The van der Waals surface area contributed by atoms with Crippen LogP contribution in [-0.4, -0.2) is 49.8 Å². The maximum Gasteiger partial charge on any atom is 0.221 e. The Hall–Kier alpha value is -0.660. The summed E-state index contributed by atoms with van der Waals surface area (Å²) in [6.45, 7) is 1.39. The van der Waals surface area contributed by atoms with Gasteiger partial charge in [0.25, 0.3) is 0 Å². The molecule has 2 saturated heterocycles. The number of rotatable bonds is 3. The molecule has 116 valence electrons. The van der Waals surface area contributed by atoms with E-state index in [0.717, 1.165) is 18.4 Å². The summed E-state index contributed by atoms with van der Waals surface area (Å²) in [5.41, 5.74) is 0.798. The summed E-state index contributed by atoms with van der Waals surface area (Å²) in [6, 6.07) is 6.98. The molecule has 3 rings (SSSR count). The summed E-state index contributed by atoms with van der Waals surface area (Å²) in [4.78, 5) is 5.50. The van der Waals surface area contributed by atoms with Gasteiger partial charge in [-0.15, -0.1) is 0 Å². The molecule has 1 aromatic carbocycles. The van der Waals surface area contributed by atoms with Crippen molar-refractivity contribution in [2.75, 3.05) is 26.7 Å². The van der Waals surface area contributed by atoms with Crippen molar-refractivity contribution in [3.8, 4) is 0 Å². The average Bonchev–Trinajstić information content (AvgIpc) is 3.09. The molecule has 0 saturated carbocycles. The molecule has 1 aromatic rings. The lowest BCUT2D eigenvalue weighted by Crippen LogP contribution is -2.41. The van der Waals surface area contributed by atoms with Crippen LogP contribution in [-0.2, 0) is 14.9 Å². The molecule has 2 aliphatic rings. The molecular formula is C14H19ClN2O3S. The molecule has 5 nitrogen and oxygen atoms in total. The molecule has 2 aliphatic heterocycles. The van der Waals surface area contributed by atoms with Crippen LogP contribution in [0.4, 0.5) is 0 Å². The first kappa shape index (κ1) is 15.2. The summed E-state index contributed by atoms with van der Waals surface area (Å²) >= 11 is 6.25. The highest BCUT2D eigenvalue weighted by Gasteiger charge is 2.46. The van der Waals surface area contributed by atoms with E-state index in [2.05, 4.69) is 0 Å². The number of sulfonamides is 1. The van der Waals surface area contributed by atoms with Crippen molar-refractivity contribution >= 4 is 21.6 Å². The Labute approximate surface area is 130 Å². The number of nitrogens with zero attached hydrogens (tertiary/aromatic N) is 2. The molecule has 0 unspecified atom stereocenters. The molecule has 7 heteroatoms. The quantitative estimate of drug-likeness (QED) is 0.851. The predicted molar refractivity (Wildman–Crippen MR) is 81.4 cm³/mol. The van der Waals surface area contributed by atoms with Gasteiger partial charge in [-0.1, -0.05) is 29.8 Å². The van der Waals surface area contributed by atoms with Crippen molar-refractivity contribution in [2.45, 2.75) is 24.1 Å². The fraction of sp³-hybridized carbons (Fsp3) is 0.571. The van der Waals surface area contributed by atoms with Crippen molar-refractivity contribution in [3.63, 3.8) is 0 Å². The lowest BCUT2D eigenvalue weighted by molar-refractivity contribution is -0.110. The fourth-order valence-electron chi connectivity index (χ4n) is 3.09. The monoisotopic (exact) mass is 330 g/mol. The van der Waals surface area contributed by atoms with Crippen molar-refractivity contribution in [3.05, 3.63) is 34.9 Å². The van der Waals surface area contributed by atoms with Gasteiger partial charge in [0.15, 0.2) is 0 Å². The normalized spacial score (nSPS) is 28.3. The molecule has 0 aromatic heterocycles. The topological polar surface area (TPSA) is 49.9 Å². The van der Waals surface area contributed by atoms with Crippen molar-refractivity contribution in [1.29, 1.82) is 0 Å². The summed E-state index contributed by atoms with van der Waals surface area (Å²) in [7, 11) is -1.62. The first-order valence-electron chi connectivity index (χ1n) is 7.11. The summed E-state index contributed by atoms with van der Waals surface area (Å²) in [5.74, 6) is 0. The Kier molecular flexibility index (Phi) is 4.25. The molecule has 2 atom stereocenters. The predicted octanol–water partition coefficient (Wildman–Crippen LogP) is 2.05. The standard InChI is InChI=1S/C14H19ClN2O3S/c1-16-14(11-6-2-3-7-12(11)15)13(10-20-16)21(18,19)17-8-4-5-9-17/h2-3,6-7,13-14H,4-5,8-10H2,1H3/t13-,14+/m1/s1. The highest BCUT2D eigenvalue weighted by molar-refractivity contribution is 7.89. The minimum absolute atomic E-state index is 0.172. The van der Waals surface area contributed by atoms with E-state index < -0.39 is 15.3 Å². The molecule has 0 aliphatic carbocycles. The zero-order chi connectivity index (χ0) is 15.0. The number of hydrogen-bond acceptors (Lipinski definition) is 4. The number of benzene rings is 1. The third kappa shape index (κ3) is 2.71. The van der Waals surface area contributed by atoms with Gasteiger partial charge >= 0.3 is 0 Å². The molecule has 0 N–H and O–H groups in total. The number of hydroxylamine groups is 2. The van der Waals surface area contributed by atoms with Crippen molar-refractivity contribution in [2.24, 2.45) is 0 Å². The Bertz CT molecular complexity index is 616. The first-order valence-corrected chi connectivity index (χ1v) is 8.99. The van der Waals surface area contributed by atoms with Gasteiger partial charge in [0, 0.05) is 25.2 Å². The minimum Gasteiger partial charge on any atom is -0.297 e. The second-order valence-corrected chi connectivity index (χ2v) is 8.06. The number of halogens is 1. The lowest BCUT2D eigenvalue weighted by Gasteiger charge is -2.26. The van der Waals surface area contributed by atoms with E-state index in [1.807, 2.05) is 18.2 Å². The summed E-state index contributed by atoms with van der Waals surface area (Å²) < 4.78 is 27.3. The fourth-order valence-corrected chi connectivity index (χ4v) is 5.36. The van der Waals surface area contributed by atoms with Gasteiger partial charge in [0.05, 0.1) is 12.6 Å². The zero-order valence-corrected chi connectivity index (χ0v) is 13.5. The Morgan fingerprint density at radius 2 is 1.90 bits per heavy atom. The summed E-state index contributed by atoms with van der Waals surface area (Å²) in [6.07, 6.45) is 1.86. The minimum atomic E-state index is -3.38.